The lowest BCUT2D eigenvalue weighted by molar-refractivity contribution is -0.137. The number of rotatable bonds is 5. The first kappa shape index (κ1) is 16.4. The molecule has 134 valence electrons. The summed E-state index contributed by atoms with van der Waals surface area (Å²) in [5.74, 6) is 0.0654. The molecule has 0 bridgehead atoms. The zero-order chi connectivity index (χ0) is 17.1. The second kappa shape index (κ2) is 7.41. The molecule has 7 heteroatoms. The normalized spacial score (nSPS) is 21.2. The summed E-state index contributed by atoms with van der Waals surface area (Å²) >= 11 is 0. The van der Waals surface area contributed by atoms with Gasteiger partial charge in [-0.05, 0) is 25.0 Å². The van der Waals surface area contributed by atoms with Crippen molar-refractivity contribution in [1.82, 2.24) is 14.9 Å². The Morgan fingerprint density at radius 3 is 3.00 bits per heavy atom. The number of nitrogens with zero attached hydrogens (tertiary/aromatic N) is 3. The fourth-order valence-corrected chi connectivity index (χ4v) is 3.55. The molecule has 0 aliphatic carbocycles. The molecule has 1 N–H and O–H groups in total. The number of carbonyl (C=O) groups excluding carboxylic acids is 1. The highest BCUT2D eigenvalue weighted by Crippen LogP contribution is 2.25. The number of benzene rings is 1. The van der Waals surface area contributed by atoms with Crippen LogP contribution < -0.4 is 4.90 Å². The monoisotopic (exact) mass is 344 g/mol. The Morgan fingerprint density at radius 1 is 1.32 bits per heavy atom. The first-order chi connectivity index (χ1) is 12.3. The predicted octanol–water partition coefficient (Wildman–Crippen LogP) is 1.41. The smallest absolute Gasteiger partial charge is 0.248 e. The van der Waals surface area contributed by atoms with Crippen molar-refractivity contribution in [3.05, 3.63) is 24.5 Å². The zero-order valence-corrected chi connectivity index (χ0v) is 14.3. The number of aromatic amines is 1. The van der Waals surface area contributed by atoms with E-state index in [1.807, 2.05) is 17.0 Å². The number of aromatic nitrogens is 2. The standard InChI is InChI=1S/C18H24N4O3/c23-17(12-24-11-14-3-2-10-25-14)22-8-6-21(7-9-22)16-5-1-4-15-18(16)20-13-19-15/h1,4-5,13-14H,2-3,6-12H2,(H,19,20)/t14-/m1/s1. The minimum absolute atomic E-state index is 0.0654. The van der Waals surface area contributed by atoms with Crippen LogP contribution in [0.3, 0.4) is 0 Å². The van der Waals surface area contributed by atoms with Crippen LogP contribution in [0, 0.1) is 0 Å². The zero-order valence-electron chi connectivity index (χ0n) is 14.3. The van der Waals surface area contributed by atoms with Crippen LogP contribution in [-0.2, 0) is 14.3 Å². The van der Waals surface area contributed by atoms with Crippen molar-refractivity contribution in [3.63, 3.8) is 0 Å². The molecule has 2 aromatic rings. The summed E-state index contributed by atoms with van der Waals surface area (Å²) in [5, 5.41) is 0. The minimum Gasteiger partial charge on any atom is -0.376 e. The van der Waals surface area contributed by atoms with Gasteiger partial charge in [0.25, 0.3) is 0 Å². The van der Waals surface area contributed by atoms with E-state index in [4.69, 9.17) is 9.47 Å². The molecular formula is C18H24N4O3. The van der Waals surface area contributed by atoms with Crippen LogP contribution in [0.1, 0.15) is 12.8 Å². The lowest BCUT2D eigenvalue weighted by atomic mass is 10.2. The van der Waals surface area contributed by atoms with Gasteiger partial charge < -0.3 is 24.3 Å². The van der Waals surface area contributed by atoms with Gasteiger partial charge in [0.15, 0.2) is 0 Å². The van der Waals surface area contributed by atoms with Crippen molar-refractivity contribution in [2.75, 3.05) is 50.9 Å². The van der Waals surface area contributed by atoms with Gasteiger partial charge in [-0.15, -0.1) is 0 Å². The van der Waals surface area contributed by atoms with Crippen LogP contribution in [0.15, 0.2) is 24.5 Å². The van der Waals surface area contributed by atoms with Crippen LogP contribution in [0.4, 0.5) is 5.69 Å². The number of carbonyl (C=O) groups is 1. The molecule has 7 nitrogen and oxygen atoms in total. The Kier molecular flexibility index (Phi) is 4.85. The van der Waals surface area contributed by atoms with Crippen LogP contribution in [0.25, 0.3) is 11.0 Å². The summed E-state index contributed by atoms with van der Waals surface area (Å²) in [6, 6.07) is 6.15. The van der Waals surface area contributed by atoms with E-state index in [1.165, 1.54) is 0 Å². The highest BCUT2D eigenvalue weighted by molar-refractivity contribution is 5.88. The van der Waals surface area contributed by atoms with Gasteiger partial charge in [0, 0.05) is 32.8 Å². The van der Waals surface area contributed by atoms with Crippen molar-refractivity contribution >= 4 is 22.6 Å². The van der Waals surface area contributed by atoms with Crippen molar-refractivity contribution < 1.29 is 14.3 Å². The van der Waals surface area contributed by atoms with Gasteiger partial charge in [0.2, 0.25) is 5.91 Å². The number of imidazole rings is 1. The average Bonchev–Trinajstić information content (AvgIpc) is 3.33. The summed E-state index contributed by atoms with van der Waals surface area (Å²) < 4.78 is 11.1. The Bertz CT molecular complexity index is 718. The van der Waals surface area contributed by atoms with Crippen LogP contribution >= 0.6 is 0 Å². The Morgan fingerprint density at radius 2 is 2.20 bits per heavy atom. The van der Waals surface area contributed by atoms with E-state index in [1.54, 1.807) is 6.33 Å². The summed E-state index contributed by atoms with van der Waals surface area (Å²) in [6.07, 6.45) is 4.01. The predicted molar refractivity (Wildman–Crippen MR) is 94.7 cm³/mol. The molecule has 2 saturated heterocycles. The number of H-pyrrole nitrogens is 1. The van der Waals surface area contributed by atoms with Gasteiger partial charge in [0.1, 0.15) is 12.1 Å². The third-order valence-electron chi connectivity index (χ3n) is 4.95. The number of anilines is 1. The SMILES string of the molecule is O=C(COC[C@H]1CCCO1)N1CCN(c2cccc3[nH]cnc23)CC1. The fourth-order valence-electron chi connectivity index (χ4n) is 3.55. The molecule has 4 rings (SSSR count). The van der Waals surface area contributed by atoms with E-state index in [2.05, 4.69) is 20.9 Å². The maximum Gasteiger partial charge on any atom is 0.248 e. The topological polar surface area (TPSA) is 70.7 Å². The van der Waals surface area contributed by atoms with E-state index in [0.29, 0.717) is 19.7 Å². The molecule has 2 fully saturated rings. The summed E-state index contributed by atoms with van der Waals surface area (Å²) in [5.41, 5.74) is 3.15. The number of piperazine rings is 1. The third kappa shape index (κ3) is 3.62. The van der Waals surface area contributed by atoms with Crippen molar-refractivity contribution in [2.45, 2.75) is 18.9 Å². The molecule has 2 aliphatic rings. The van der Waals surface area contributed by atoms with Gasteiger partial charge in [0.05, 0.1) is 30.2 Å². The molecule has 25 heavy (non-hydrogen) atoms. The van der Waals surface area contributed by atoms with Gasteiger partial charge in [-0.2, -0.15) is 0 Å². The molecular weight excluding hydrogens is 320 g/mol. The highest BCUT2D eigenvalue weighted by atomic mass is 16.5. The van der Waals surface area contributed by atoms with Gasteiger partial charge in [-0.1, -0.05) is 6.07 Å². The molecule has 3 heterocycles. The maximum atomic E-state index is 12.3. The number of ether oxygens (including phenoxy) is 2. The van der Waals surface area contributed by atoms with Crippen molar-refractivity contribution in [1.29, 1.82) is 0 Å². The van der Waals surface area contributed by atoms with Crippen molar-refractivity contribution in [2.24, 2.45) is 0 Å². The molecule has 0 unspecified atom stereocenters. The van der Waals surface area contributed by atoms with Gasteiger partial charge >= 0.3 is 0 Å². The third-order valence-corrected chi connectivity index (χ3v) is 4.95. The molecule has 0 spiro atoms. The molecule has 0 radical (unpaired) electrons. The van der Waals surface area contributed by atoms with Gasteiger partial charge in [-0.3, -0.25) is 4.79 Å². The van der Waals surface area contributed by atoms with E-state index < -0.39 is 0 Å². The number of hydrogen-bond donors (Lipinski definition) is 1. The molecule has 0 saturated carbocycles. The lowest BCUT2D eigenvalue weighted by Crippen LogP contribution is -2.50. The largest absolute Gasteiger partial charge is 0.376 e. The quantitative estimate of drug-likeness (QED) is 0.888. The highest BCUT2D eigenvalue weighted by Gasteiger charge is 2.23. The summed E-state index contributed by atoms with van der Waals surface area (Å²) in [6.45, 7) is 4.52. The Labute approximate surface area is 146 Å². The first-order valence-corrected chi connectivity index (χ1v) is 8.95. The molecule has 1 aromatic heterocycles. The number of hydrogen-bond acceptors (Lipinski definition) is 5. The number of para-hydroxylation sites is 1. The second-order valence-electron chi connectivity index (χ2n) is 6.59. The lowest BCUT2D eigenvalue weighted by Gasteiger charge is -2.36. The van der Waals surface area contributed by atoms with E-state index in [9.17, 15) is 4.79 Å². The van der Waals surface area contributed by atoms with Crippen LogP contribution in [-0.4, -0.2) is 72.9 Å². The summed E-state index contributed by atoms with van der Waals surface area (Å²) in [4.78, 5) is 24.0. The van der Waals surface area contributed by atoms with Crippen LogP contribution in [0.5, 0.6) is 0 Å². The first-order valence-electron chi connectivity index (χ1n) is 8.95. The van der Waals surface area contributed by atoms with E-state index in [-0.39, 0.29) is 18.6 Å². The van der Waals surface area contributed by atoms with Crippen molar-refractivity contribution in [3.8, 4) is 0 Å². The minimum atomic E-state index is 0.0654. The van der Waals surface area contributed by atoms with E-state index in [0.717, 1.165) is 49.3 Å². The molecule has 2 aliphatic heterocycles. The maximum absolute atomic E-state index is 12.3. The second-order valence-corrected chi connectivity index (χ2v) is 6.59. The van der Waals surface area contributed by atoms with E-state index >= 15 is 0 Å². The average molecular weight is 344 g/mol. The van der Waals surface area contributed by atoms with Gasteiger partial charge in [-0.25, -0.2) is 4.98 Å². The fraction of sp³-hybridized carbons (Fsp3) is 0.556. The number of amides is 1. The number of nitrogens with one attached hydrogen (secondary N) is 1. The molecule has 1 amide bonds. The Balaban J connectivity index is 1.27. The molecule has 1 aromatic carbocycles. The molecule has 1 atom stereocenters. The van der Waals surface area contributed by atoms with Crippen LogP contribution in [0.2, 0.25) is 0 Å². The number of fused-ring (bicyclic) bond motifs is 1. The Hall–Kier alpha value is -2.12. The summed E-state index contributed by atoms with van der Waals surface area (Å²) in [7, 11) is 0.